The highest BCUT2D eigenvalue weighted by atomic mass is 35.5. The van der Waals surface area contributed by atoms with Crippen LogP contribution in [0, 0.1) is 5.82 Å². The Labute approximate surface area is 147 Å². The maximum Gasteiger partial charge on any atom is 0.182 e. The van der Waals surface area contributed by atoms with Gasteiger partial charge in [0.25, 0.3) is 0 Å². The number of nitrogens with one attached hydrogen (secondary N) is 1. The van der Waals surface area contributed by atoms with Gasteiger partial charge in [-0.3, -0.25) is 4.98 Å². The zero-order chi connectivity index (χ0) is 17.2. The van der Waals surface area contributed by atoms with E-state index in [0.29, 0.717) is 23.0 Å². The minimum absolute atomic E-state index is 0.0394. The lowest BCUT2D eigenvalue weighted by molar-refractivity contribution is 0.628. The molecule has 0 aliphatic heterocycles. The summed E-state index contributed by atoms with van der Waals surface area (Å²) < 4.78 is 13.4. The first kappa shape index (κ1) is 15.4. The lowest BCUT2D eigenvalue weighted by atomic mass is 10.2. The number of fused-ring (bicyclic) bond motifs is 1. The predicted octanol–water partition coefficient (Wildman–Crippen LogP) is 4.62. The summed E-state index contributed by atoms with van der Waals surface area (Å²) in [5.74, 6) is 0.552. The first-order chi connectivity index (χ1) is 12.2. The second-order valence-electron chi connectivity index (χ2n) is 5.26. The van der Waals surface area contributed by atoms with Crippen molar-refractivity contribution in [3.8, 4) is 11.5 Å². The second kappa shape index (κ2) is 6.41. The van der Waals surface area contributed by atoms with Crippen LogP contribution in [-0.2, 0) is 0 Å². The molecule has 2 aromatic heterocycles. The van der Waals surface area contributed by atoms with Crippen LogP contribution in [0.15, 0.2) is 61.1 Å². The summed E-state index contributed by atoms with van der Waals surface area (Å²) in [6, 6.07) is 12.0. The van der Waals surface area contributed by atoms with E-state index in [1.54, 1.807) is 24.7 Å². The maximum atomic E-state index is 13.4. The standard InChI is InChI=1S/C18H11ClFN5/c19-13-9-11(5-6-14(13)20)23-17-12-3-1-2-4-15(12)24-18(25-17)16-10-21-7-8-22-16/h1-10H,(H,23,24,25). The molecule has 0 bridgehead atoms. The van der Waals surface area contributed by atoms with Gasteiger partial charge in [0.1, 0.15) is 17.3 Å². The highest BCUT2D eigenvalue weighted by molar-refractivity contribution is 6.31. The van der Waals surface area contributed by atoms with E-state index in [9.17, 15) is 4.39 Å². The monoisotopic (exact) mass is 351 g/mol. The minimum atomic E-state index is -0.472. The lowest BCUT2D eigenvalue weighted by Gasteiger charge is -2.11. The Bertz CT molecular complexity index is 1060. The fraction of sp³-hybridized carbons (Fsp3) is 0. The normalized spacial score (nSPS) is 10.8. The number of hydrogen-bond acceptors (Lipinski definition) is 5. The molecule has 2 aromatic carbocycles. The van der Waals surface area contributed by atoms with Crippen molar-refractivity contribution in [1.29, 1.82) is 0 Å². The Morgan fingerprint density at radius 2 is 1.88 bits per heavy atom. The molecule has 0 aliphatic carbocycles. The van der Waals surface area contributed by atoms with Crippen molar-refractivity contribution in [3.63, 3.8) is 0 Å². The molecular formula is C18H11ClFN5. The van der Waals surface area contributed by atoms with Crippen molar-refractivity contribution in [2.45, 2.75) is 0 Å². The lowest BCUT2D eigenvalue weighted by Crippen LogP contribution is -2.00. The highest BCUT2D eigenvalue weighted by Crippen LogP contribution is 2.28. The third-order valence-corrected chi connectivity index (χ3v) is 3.87. The summed E-state index contributed by atoms with van der Waals surface area (Å²) in [4.78, 5) is 17.4. The van der Waals surface area contributed by atoms with E-state index in [0.717, 1.165) is 10.9 Å². The molecule has 4 aromatic rings. The average Bonchev–Trinajstić information content (AvgIpc) is 2.65. The van der Waals surface area contributed by atoms with Crippen LogP contribution in [0.2, 0.25) is 5.02 Å². The van der Waals surface area contributed by atoms with Gasteiger partial charge in [-0.15, -0.1) is 0 Å². The van der Waals surface area contributed by atoms with E-state index < -0.39 is 5.82 Å². The molecule has 0 spiro atoms. The summed E-state index contributed by atoms with van der Waals surface area (Å²) >= 11 is 5.86. The predicted molar refractivity (Wildman–Crippen MR) is 95.3 cm³/mol. The van der Waals surface area contributed by atoms with Crippen LogP contribution in [-0.4, -0.2) is 19.9 Å². The van der Waals surface area contributed by atoms with Crippen LogP contribution in [0.3, 0.4) is 0 Å². The van der Waals surface area contributed by atoms with Gasteiger partial charge < -0.3 is 5.32 Å². The van der Waals surface area contributed by atoms with Crippen LogP contribution in [0.1, 0.15) is 0 Å². The smallest absolute Gasteiger partial charge is 0.182 e. The number of aromatic nitrogens is 4. The van der Waals surface area contributed by atoms with E-state index in [1.807, 2.05) is 24.3 Å². The molecule has 0 unspecified atom stereocenters. The Hall–Kier alpha value is -3.12. The van der Waals surface area contributed by atoms with Crippen molar-refractivity contribution in [3.05, 3.63) is 71.9 Å². The van der Waals surface area contributed by atoms with Crippen LogP contribution in [0.5, 0.6) is 0 Å². The zero-order valence-corrected chi connectivity index (χ0v) is 13.6. The summed E-state index contributed by atoms with van der Waals surface area (Å²) in [7, 11) is 0. The molecule has 4 rings (SSSR count). The van der Waals surface area contributed by atoms with Gasteiger partial charge in [-0.1, -0.05) is 23.7 Å². The number of para-hydroxylation sites is 1. The topological polar surface area (TPSA) is 63.6 Å². The second-order valence-corrected chi connectivity index (χ2v) is 5.66. The van der Waals surface area contributed by atoms with E-state index in [1.165, 1.54) is 12.1 Å². The molecule has 2 heterocycles. The summed E-state index contributed by atoms with van der Waals surface area (Å²) in [6.07, 6.45) is 4.77. The van der Waals surface area contributed by atoms with Gasteiger partial charge in [0.15, 0.2) is 5.82 Å². The summed E-state index contributed by atoms with van der Waals surface area (Å²) in [6.45, 7) is 0. The third kappa shape index (κ3) is 3.12. The van der Waals surface area contributed by atoms with Crippen LogP contribution in [0.25, 0.3) is 22.4 Å². The molecule has 5 nitrogen and oxygen atoms in total. The molecule has 0 saturated carbocycles. The Morgan fingerprint density at radius 1 is 1.00 bits per heavy atom. The van der Waals surface area contributed by atoms with Crippen molar-refractivity contribution < 1.29 is 4.39 Å². The van der Waals surface area contributed by atoms with Gasteiger partial charge in [-0.2, -0.15) is 0 Å². The van der Waals surface area contributed by atoms with Crippen LogP contribution in [0.4, 0.5) is 15.9 Å². The molecule has 0 radical (unpaired) electrons. The third-order valence-electron chi connectivity index (χ3n) is 3.58. The first-order valence-corrected chi connectivity index (χ1v) is 7.84. The number of anilines is 2. The van der Waals surface area contributed by atoms with E-state index >= 15 is 0 Å². The fourth-order valence-corrected chi connectivity index (χ4v) is 2.59. The average molecular weight is 352 g/mol. The molecule has 0 atom stereocenters. The van der Waals surface area contributed by atoms with E-state index in [-0.39, 0.29) is 5.02 Å². The number of nitrogens with zero attached hydrogens (tertiary/aromatic N) is 4. The van der Waals surface area contributed by atoms with E-state index in [4.69, 9.17) is 11.6 Å². The molecular weight excluding hydrogens is 341 g/mol. The number of benzene rings is 2. The van der Waals surface area contributed by atoms with Gasteiger partial charge in [-0.05, 0) is 30.3 Å². The molecule has 122 valence electrons. The first-order valence-electron chi connectivity index (χ1n) is 7.46. The van der Waals surface area contributed by atoms with Gasteiger partial charge in [-0.25, -0.2) is 19.3 Å². The van der Waals surface area contributed by atoms with Gasteiger partial charge >= 0.3 is 0 Å². The van der Waals surface area contributed by atoms with Crippen LogP contribution < -0.4 is 5.32 Å². The Morgan fingerprint density at radius 3 is 2.68 bits per heavy atom. The summed E-state index contributed by atoms with van der Waals surface area (Å²) in [5.41, 5.74) is 1.95. The SMILES string of the molecule is Fc1ccc(Nc2nc(-c3cnccn3)nc3ccccc23)cc1Cl. The van der Waals surface area contributed by atoms with Gasteiger partial charge in [0, 0.05) is 23.5 Å². The molecule has 7 heteroatoms. The van der Waals surface area contributed by atoms with Crippen molar-refractivity contribution in [2.24, 2.45) is 0 Å². The Balaban J connectivity index is 1.85. The number of halogens is 2. The zero-order valence-electron chi connectivity index (χ0n) is 12.8. The minimum Gasteiger partial charge on any atom is -0.340 e. The molecule has 0 aliphatic rings. The van der Waals surface area contributed by atoms with Gasteiger partial charge in [0.2, 0.25) is 0 Å². The largest absolute Gasteiger partial charge is 0.340 e. The van der Waals surface area contributed by atoms with E-state index in [2.05, 4.69) is 25.3 Å². The van der Waals surface area contributed by atoms with Crippen molar-refractivity contribution in [2.75, 3.05) is 5.32 Å². The molecule has 1 N–H and O–H groups in total. The van der Waals surface area contributed by atoms with Crippen molar-refractivity contribution in [1.82, 2.24) is 19.9 Å². The van der Waals surface area contributed by atoms with Crippen molar-refractivity contribution >= 4 is 34.0 Å². The quantitative estimate of drug-likeness (QED) is 0.583. The van der Waals surface area contributed by atoms with Crippen LogP contribution >= 0.6 is 11.6 Å². The maximum absolute atomic E-state index is 13.4. The summed E-state index contributed by atoms with van der Waals surface area (Å²) in [5, 5.41) is 4.04. The molecule has 0 amide bonds. The fourth-order valence-electron chi connectivity index (χ4n) is 2.41. The molecule has 0 saturated heterocycles. The molecule has 0 fully saturated rings. The Kier molecular flexibility index (Phi) is 3.95. The highest BCUT2D eigenvalue weighted by Gasteiger charge is 2.11. The number of rotatable bonds is 3. The number of hydrogen-bond donors (Lipinski definition) is 1. The molecule has 25 heavy (non-hydrogen) atoms. The van der Waals surface area contributed by atoms with Gasteiger partial charge in [0.05, 0.1) is 16.7 Å².